The second-order valence-electron chi connectivity index (χ2n) is 5.35. The van der Waals surface area contributed by atoms with Crippen LogP contribution in [0.15, 0.2) is 24.3 Å². The van der Waals surface area contributed by atoms with Crippen molar-refractivity contribution in [3.8, 4) is 5.75 Å². The Bertz CT molecular complexity index is 599. The highest BCUT2D eigenvalue weighted by molar-refractivity contribution is 5.90. The number of hydrogen-bond donors (Lipinski definition) is 1. The van der Waals surface area contributed by atoms with Gasteiger partial charge in [-0.05, 0) is 25.0 Å². The fraction of sp³-hybridized carbons (Fsp3) is 0.438. The van der Waals surface area contributed by atoms with Crippen molar-refractivity contribution in [3.05, 3.63) is 29.8 Å². The highest BCUT2D eigenvalue weighted by atomic mass is 16.5. The van der Waals surface area contributed by atoms with Crippen molar-refractivity contribution in [3.63, 3.8) is 0 Å². The van der Waals surface area contributed by atoms with Crippen LogP contribution in [0, 0.1) is 0 Å². The zero-order valence-electron chi connectivity index (χ0n) is 13.2. The largest absolute Gasteiger partial charge is 0.497 e. The number of esters is 1. The average molecular weight is 320 g/mol. The Morgan fingerprint density at radius 3 is 2.43 bits per heavy atom. The summed E-state index contributed by atoms with van der Waals surface area (Å²) in [5, 5.41) is 0. The van der Waals surface area contributed by atoms with Crippen LogP contribution < -0.4 is 10.5 Å². The van der Waals surface area contributed by atoms with Gasteiger partial charge in [0.2, 0.25) is 12.0 Å². The maximum absolute atomic E-state index is 12.8. The van der Waals surface area contributed by atoms with Gasteiger partial charge in [0.05, 0.1) is 7.11 Å². The van der Waals surface area contributed by atoms with Gasteiger partial charge in [0.15, 0.2) is 0 Å². The summed E-state index contributed by atoms with van der Waals surface area (Å²) >= 11 is 0. The van der Waals surface area contributed by atoms with Gasteiger partial charge >= 0.3 is 5.97 Å². The van der Waals surface area contributed by atoms with Gasteiger partial charge in [-0.3, -0.25) is 14.4 Å². The molecule has 1 aliphatic heterocycles. The van der Waals surface area contributed by atoms with E-state index in [0.717, 1.165) is 0 Å². The van der Waals surface area contributed by atoms with Gasteiger partial charge in [-0.1, -0.05) is 12.1 Å². The third-order valence-electron chi connectivity index (χ3n) is 3.79. The molecule has 0 bridgehead atoms. The molecule has 1 aliphatic rings. The number of rotatable bonds is 5. The highest BCUT2D eigenvalue weighted by Crippen LogP contribution is 2.27. The number of amides is 2. The lowest BCUT2D eigenvalue weighted by Gasteiger charge is -2.27. The van der Waals surface area contributed by atoms with E-state index in [0.29, 0.717) is 30.7 Å². The van der Waals surface area contributed by atoms with Crippen LogP contribution in [0.5, 0.6) is 5.75 Å². The van der Waals surface area contributed by atoms with Crippen molar-refractivity contribution in [1.29, 1.82) is 0 Å². The molecule has 1 aromatic carbocycles. The van der Waals surface area contributed by atoms with Crippen molar-refractivity contribution in [2.24, 2.45) is 5.73 Å². The van der Waals surface area contributed by atoms with Gasteiger partial charge in [-0.15, -0.1) is 0 Å². The van der Waals surface area contributed by atoms with Gasteiger partial charge in [-0.2, -0.15) is 0 Å². The number of ether oxygens (including phenoxy) is 2. The maximum atomic E-state index is 12.8. The van der Waals surface area contributed by atoms with Crippen molar-refractivity contribution in [2.45, 2.75) is 31.9 Å². The summed E-state index contributed by atoms with van der Waals surface area (Å²) in [7, 11) is 1.53. The van der Waals surface area contributed by atoms with E-state index in [9.17, 15) is 14.4 Å². The average Bonchev–Trinajstić information content (AvgIpc) is 3.02. The van der Waals surface area contributed by atoms with E-state index in [-0.39, 0.29) is 0 Å². The zero-order chi connectivity index (χ0) is 17.0. The Labute approximate surface area is 134 Å². The van der Waals surface area contributed by atoms with Crippen molar-refractivity contribution in [2.75, 3.05) is 13.7 Å². The summed E-state index contributed by atoms with van der Waals surface area (Å²) in [6, 6.07) is 6.00. The fourth-order valence-corrected chi connectivity index (χ4v) is 2.68. The second-order valence-corrected chi connectivity index (χ2v) is 5.35. The molecule has 1 aromatic rings. The lowest BCUT2D eigenvalue weighted by atomic mass is 10.1. The predicted octanol–water partition coefficient (Wildman–Crippen LogP) is 0.776. The molecule has 0 saturated carbocycles. The van der Waals surface area contributed by atoms with Crippen LogP contribution in [0.1, 0.15) is 31.4 Å². The molecule has 23 heavy (non-hydrogen) atoms. The SMILES string of the molecule is COc1ccc(C(OC(C)=O)C(=O)N2CCC[C@H]2C(N)=O)cc1. The van der Waals surface area contributed by atoms with E-state index in [2.05, 4.69) is 0 Å². The first-order chi connectivity index (χ1) is 10.9. The number of methoxy groups -OCH3 is 1. The highest BCUT2D eigenvalue weighted by Gasteiger charge is 2.38. The minimum Gasteiger partial charge on any atom is -0.497 e. The monoisotopic (exact) mass is 320 g/mol. The molecule has 0 spiro atoms. The van der Waals surface area contributed by atoms with E-state index in [1.165, 1.54) is 18.9 Å². The van der Waals surface area contributed by atoms with Gasteiger partial charge in [0.1, 0.15) is 11.8 Å². The van der Waals surface area contributed by atoms with E-state index in [1.54, 1.807) is 24.3 Å². The lowest BCUT2D eigenvalue weighted by Crippen LogP contribution is -2.46. The Kier molecular flexibility index (Phi) is 5.20. The number of benzene rings is 1. The molecule has 0 aliphatic carbocycles. The molecule has 0 aromatic heterocycles. The second kappa shape index (κ2) is 7.13. The van der Waals surface area contributed by atoms with Crippen LogP contribution in [0.2, 0.25) is 0 Å². The van der Waals surface area contributed by atoms with E-state index in [1.807, 2.05) is 0 Å². The molecule has 1 heterocycles. The molecule has 2 N–H and O–H groups in total. The fourth-order valence-electron chi connectivity index (χ4n) is 2.68. The van der Waals surface area contributed by atoms with Crippen molar-refractivity contribution in [1.82, 2.24) is 4.90 Å². The third kappa shape index (κ3) is 3.80. The smallest absolute Gasteiger partial charge is 0.303 e. The number of carbonyl (C=O) groups is 3. The summed E-state index contributed by atoms with van der Waals surface area (Å²) in [6.07, 6.45) is 0.115. The molecule has 2 rings (SSSR count). The van der Waals surface area contributed by atoms with Gasteiger partial charge in [0.25, 0.3) is 5.91 Å². The Balaban J connectivity index is 2.28. The van der Waals surface area contributed by atoms with Crippen LogP contribution in [0.25, 0.3) is 0 Å². The Morgan fingerprint density at radius 1 is 1.26 bits per heavy atom. The zero-order valence-corrected chi connectivity index (χ0v) is 13.2. The summed E-state index contributed by atoms with van der Waals surface area (Å²) in [5.41, 5.74) is 5.86. The summed E-state index contributed by atoms with van der Waals surface area (Å²) in [5.74, 6) is -0.938. The van der Waals surface area contributed by atoms with Crippen molar-refractivity contribution < 1.29 is 23.9 Å². The molecule has 0 radical (unpaired) electrons. The van der Waals surface area contributed by atoms with E-state index < -0.39 is 29.9 Å². The number of likely N-dealkylation sites (tertiary alicyclic amines) is 1. The molecular formula is C16H20N2O5. The first-order valence-corrected chi connectivity index (χ1v) is 7.35. The standard InChI is InChI=1S/C16H20N2O5/c1-10(19)23-14(11-5-7-12(22-2)8-6-11)16(21)18-9-3-4-13(18)15(17)20/h5-8,13-14H,3-4,9H2,1-2H3,(H2,17,20)/t13-,14?/m0/s1. The third-order valence-corrected chi connectivity index (χ3v) is 3.79. The minimum absolute atomic E-state index is 0.417. The molecule has 124 valence electrons. The number of nitrogens with two attached hydrogens (primary N) is 1. The van der Waals surface area contributed by atoms with Gasteiger partial charge in [0, 0.05) is 19.0 Å². The molecule has 7 nitrogen and oxygen atoms in total. The molecule has 1 fully saturated rings. The van der Waals surface area contributed by atoms with E-state index in [4.69, 9.17) is 15.2 Å². The molecule has 7 heteroatoms. The maximum Gasteiger partial charge on any atom is 0.303 e. The van der Waals surface area contributed by atoms with Crippen LogP contribution in [-0.2, 0) is 19.1 Å². The molecular weight excluding hydrogens is 300 g/mol. The molecule has 2 amide bonds. The summed E-state index contributed by atoms with van der Waals surface area (Å²) in [4.78, 5) is 37.0. The first kappa shape index (κ1) is 16.8. The van der Waals surface area contributed by atoms with Crippen LogP contribution >= 0.6 is 0 Å². The van der Waals surface area contributed by atoms with Gasteiger partial charge < -0.3 is 20.1 Å². The number of primary amides is 1. The molecule has 1 unspecified atom stereocenters. The Morgan fingerprint density at radius 2 is 1.91 bits per heavy atom. The quantitative estimate of drug-likeness (QED) is 0.808. The summed E-state index contributed by atoms with van der Waals surface area (Å²) in [6.45, 7) is 1.65. The minimum atomic E-state index is -1.10. The van der Waals surface area contributed by atoms with Gasteiger partial charge in [-0.25, -0.2) is 0 Å². The number of carbonyl (C=O) groups excluding carboxylic acids is 3. The van der Waals surface area contributed by atoms with Crippen LogP contribution in [0.4, 0.5) is 0 Å². The van der Waals surface area contributed by atoms with Crippen LogP contribution in [0.3, 0.4) is 0 Å². The van der Waals surface area contributed by atoms with E-state index >= 15 is 0 Å². The van der Waals surface area contributed by atoms with Crippen LogP contribution in [-0.4, -0.2) is 42.4 Å². The van der Waals surface area contributed by atoms with Crippen molar-refractivity contribution >= 4 is 17.8 Å². The Hall–Kier alpha value is -2.57. The number of nitrogens with zero attached hydrogens (tertiary/aromatic N) is 1. The first-order valence-electron chi connectivity index (χ1n) is 7.35. The normalized spacial score (nSPS) is 18.3. The lowest BCUT2D eigenvalue weighted by molar-refractivity contribution is -0.160. The number of hydrogen-bond acceptors (Lipinski definition) is 5. The topological polar surface area (TPSA) is 98.9 Å². The molecule has 2 atom stereocenters. The predicted molar refractivity (Wildman–Crippen MR) is 81.4 cm³/mol. The molecule has 1 saturated heterocycles. The summed E-state index contributed by atoms with van der Waals surface area (Å²) < 4.78 is 10.3.